The Balaban J connectivity index is 1.09. The van der Waals surface area contributed by atoms with Crippen molar-refractivity contribution in [2.45, 2.75) is 6.17 Å². The smallest absolute Gasteiger partial charge is 0.159 e. The van der Waals surface area contributed by atoms with E-state index in [9.17, 15) is 0 Å². The van der Waals surface area contributed by atoms with Gasteiger partial charge in [-0.25, -0.2) is 9.98 Å². The number of benzene rings is 7. The van der Waals surface area contributed by atoms with Crippen molar-refractivity contribution in [3.05, 3.63) is 187 Å². The molecule has 5 heteroatoms. The van der Waals surface area contributed by atoms with Crippen LogP contribution in [0, 0.1) is 0 Å². The number of para-hydroxylation sites is 2. The minimum Gasteiger partial charge on any atom is -0.456 e. The maximum Gasteiger partial charge on any atom is 0.159 e. The average molecular weight is 643 g/mol. The second kappa shape index (κ2) is 11.5. The standard InChI is InChI=1S/C45H30N4O/c1-3-11-29(12-4-1)30-19-21-32(22-20-30)44-46-43(31-13-5-2-6-14-31)47-45(48-44)33-23-25-41-37(27-33)38-28-34(24-26-42(38)50-41)49-39-17-9-7-15-35(39)36-16-8-10-18-40(36)49/h1-28,43H,(H,46,47,48). The van der Waals surface area contributed by atoms with Gasteiger partial charge in [-0.1, -0.05) is 121 Å². The maximum atomic E-state index is 6.38. The molecule has 2 aromatic heterocycles. The van der Waals surface area contributed by atoms with Gasteiger partial charge < -0.3 is 14.3 Å². The van der Waals surface area contributed by atoms with E-state index in [0.717, 1.165) is 55.7 Å². The summed E-state index contributed by atoms with van der Waals surface area (Å²) in [6.07, 6.45) is -0.286. The van der Waals surface area contributed by atoms with Crippen LogP contribution in [-0.4, -0.2) is 16.2 Å². The van der Waals surface area contributed by atoms with Crippen molar-refractivity contribution in [1.29, 1.82) is 0 Å². The van der Waals surface area contributed by atoms with Crippen LogP contribution in [0.2, 0.25) is 0 Å². The number of aliphatic imine (C=N–C) groups is 2. The molecule has 50 heavy (non-hydrogen) atoms. The zero-order valence-electron chi connectivity index (χ0n) is 27.0. The third kappa shape index (κ3) is 4.71. The molecule has 0 spiro atoms. The lowest BCUT2D eigenvalue weighted by Gasteiger charge is -2.23. The van der Waals surface area contributed by atoms with Gasteiger partial charge in [0.1, 0.15) is 23.2 Å². The molecule has 0 saturated heterocycles. The lowest BCUT2D eigenvalue weighted by Crippen LogP contribution is -2.33. The number of nitrogens with one attached hydrogen (secondary N) is 1. The summed E-state index contributed by atoms with van der Waals surface area (Å²) in [4.78, 5) is 10.2. The number of hydrogen-bond acceptors (Lipinski definition) is 4. The third-order valence-electron chi connectivity index (χ3n) is 9.67. The fourth-order valence-corrected chi connectivity index (χ4v) is 7.23. The molecule has 7 aromatic carbocycles. The predicted molar refractivity (Wildman–Crippen MR) is 205 cm³/mol. The first-order chi connectivity index (χ1) is 24.8. The van der Waals surface area contributed by atoms with E-state index in [1.807, 2.05) is 30.3 Å². The third-order valence-corrected chi connectivity index (χ3v) is 9.67. The monoisotopic (exact) mass is 642 g/mol. The van der Waals surface area contributed by atoms with Gasteiger partial charge in [-0.05, 0) is 65.2 Å². The highest BCUT2D eigenvalue weighted by Crippen LogP contribution is 2.36. The molecule has 0 fully saturated rings. The van der Waals surface area contributed by atoms with Gasteiger partial charge in [-0.2, -0.15) is 0 Å². The van der Waals surface area contributed by atoms with Crippen molar-refractivity contribution in [3.8, 4) is 16.8 Å². The van der Waals surface area contributed by atoms with Gasteiger partial charge in [0.05, 0.1) is 11.0 Å². The molecule has 0 aliphatic carbocycles. The van der Waals surface area contributed by atoms with Crippen LogP contribution in [0.1, 0.15) is 22.9 Å². The predicted octanol–water partition coefficient (Wildman–Crippen LogP) is 10.8. The summed E-state index contributed by atoms with van der Waals surface area (Å²) in [5, 5.41) is 8.21. The van der Waals surface area contributed by atoms with E-state index in [2.05, 4.69) is 149 Å². The second-order valence-electron chi connectivity index (χ2n) is 12.7. The Bertz CT molecular complexity index is 2720. The highest BCUT2D eigenvalue weighted by atomic mass is 16.3. The topological polar surface area (TPSA) is 54.8 Å². The van der Waals surface area contributed by atoms with Crippen LogP contribution in [0.25, 0.3) is 60.6 Å². The summed E-state index contributed by atoms with van der Waals surface area (Å²) in [6, 6.07) is 59.2. The SMILES string of the molecule is c1ccc(-c2ccc(C3=NC(c4ccccc4)NC(c4ccc5oc6ccc(-n7c8ccccc8c8ccccc87)cc6c5c4)=N3)cc2)cc1. The first kappa shape index (κ1) is 28.3. The van der Waals surface area contributed by atoms with Gasteiger partial charge in [-0.3, -0.25) is 0 Å². The zero-order valence-corrected chi connectivity index (χ0v) is 27.0. The van der Waals surface area contributed by atoms with Crippen LogP contribution in [-0.2, 0) is 0 Å². The number of furan rings is 1. The van der Waals surface area contributed by atoms with Gasteiger partial charge in [0.2, 0.25) is 0 Å². The van der Waals surface area contributed by atoms with E-state index in [1.165, 1.54) is 27.4 Å². The Morgan fingerprint density at radius 3 is 1.76 bits per heavy atom. The molecule has 1 unspecified atom stereocenters. The van der Waals surface area contributed by atoms with E-state index in [1.54, 1.807) is 0 Å². The van der Waals surface area contributed by atoms with Gasteiger partial charge in [0.25, 0.3) is 0 Å². The molecule has 1 aliphatic rings. The summed E-state index contributed by atoms with van der Waals surface area (Å²) < 4.78 is 8.72. The first-order valence-electron chi connectivity index (χ1n) is 16.9. The summed E-state index contributed by atoms with van der Waals surface area (Å²) in [5.74, 6) is 1.46. The van der Waals surface area contributed by atoms with Crippen molar-refractivity contribution >= 4 is 55.4 Å². The van der Waals surface area contributed by atoms with Crippen LogP contribution in [0.5, 0.6) is 0 Å². The van der Waals surface area contributed by atoms with Crippen LogP contribution < -0.4 is 5.32 Å². The minimum absolute atomic E-state index is 0.286. The van der Waals surface area contributed by atoms with E-state index < -0.39 is 0 Å². The zero-order chi connectivity index (χ0) is 33.0. The van der Waals surface area contributed by atoms with E-state index >= 15 is 0 Å². The Labute approximate surface area is 288 Å². The quantitative estimate of drug-likeness (QED) is 0.203. The van der Waals surface area contributed by atoms with Gasteiger partial charge >= 0.3 is 0 Å². The molecule has 0 bridgehead atoms. The molecule has 5 nitrogen and oxygen atoms in total. The number of amidine groups is 2. The lowest BCUT2D eigenvalue weighted by atomic mass is 10.0. The van der Waals surface area contributed by atoms with Crippen molar-refractivity contribution in [1.82, 2.24) is 9.88 Å². The fourth-order valence-electron chi connectivity index (χ4n) is 7.23. The lowest BCUT2D eigenvalue weighted by molar-refractivity contribution is 0.668. The molecule has 1 N–H and O–H groups in total. The highest BCUT2D eigenvalue weighted by Gasteiger charge is 2.22. The molecule has 9 aromatic rings. The van der Waals surface area contributed by atoms with Crippen molar-refractivity contribution in [3.63, 3.8) is 0 Å². The minimum atomic E-state index is -0.286. The van der Waals surface area contributed by atoms with Gasteiger partial charge in [0.15, 0.2) is 5.84 Å². The number of rotatable bonds is 5. The van der Waals surface area contributed by atoms with Crippen LogP contribution in [0.15, 0.2) is 184 Å². The average Bonchev–Trinajstić information content (AvgIpc) is 3.73. The summed E-state index contributed by atoms with van der Waals surface area (Å²) in [5.41, 5.74) is 10.5. The molecule has 10 rings (SSSR count). The first-order valence-corrected chi connectivity index (χ1v) is 16.9. The molecule has 0 saturated carbocycles. The second-order valence-corrected chi connectivity index (χ2v) is 12.7. The van der Waals surface area contributed by atoms with Crippen LogP contribution in [0.3, 0.4) is 0 Å². The van der Waals surface area contributed by atoms with Crippen molar-refractivity contribution < 1.29 is 4.42 Å². The number of hydrogen-bond donors (Lipinski definition) is 1. The molecular weight excluding hydrogens is 613 g/mol. The molecular formula is C45H30N4O. The summed E-state index contributed by atoms with van der Waals surface area (Å²) in [6.45, 7) is 0. The Morgan fingerprint density at radius 2 is 1.04 bits per heavy atom. The van der Waals surface area contributed by atoms with E-state index in [0.29, 0.717) is 5.84 Å². The molecule has 3 heterocycles. The number of nitrogens with zero attached hydrogens (tertiary/aromatic N) is 3. The van der Waals surface area contributed by atoms with Gasteiger partial charge in [-0.15, -0.1) is 0 Å². The molecule has 0 radical (unpaired) electrons. The molecule has 0 amide bonds. The fraction of sp³-hybridized carbons (Fsp3) is 0.0222. The Hall–Kier alpha value is -6.72. The normalized spacial score (nSPS) is 14.6. The van der Waals surface area contributed by atoms with E-state index in [4.69, 9.17) is 14.4 Å². The van der Waals surface area contributed by atoms with Crippen molar-refractivity contribution in [2.75, 3.05) is 0 Å². The Kier molecular flexibility index (Phi) is 6.49. The highest BCUT2D eigenvalue weighted by molar-refractivity contribution is 6.16. The molecule has 1 atom stereocenters. The Morgan fingerprint density at radius 1 is 0.480 bits per heavy atom. The van der Waals surface area contributed by atoms with Crippen molar-refractivity contribution in [2.24, 2.45) is 9.98 Å². The van der Waals surface area contributed by atoms with Crippen LogP contribution in [0.4, 0.5) is 0 Å². The van der Waals surface area contributed by atoms with E-state index in [-0.39, 0.29) is 6.17 Å². The number of aromatic nitrogens is 1. The largest absolute Gasteiger partial charge is 0.456 e. The van der Waals surface area contributed by atoms with Gasteiger partial charge in [0, 0.05) is 38.4 Å². The molecule has 1 aliphatic heterocycles. The summed E-state index contributed by atoms with van der Waals surface area (Å²) in [7, 11) is 0. The van der Waals surface area contributed by atoms with Crippen LogP contribution >= 0.6 is 0 Å². The number of fused-ring (bicyclic) bond motifs is 6. The summed E-state index contributed by atoms with van der Waals surface area (Å²) >= 11 is 0. The maximum absolute atomic E-state index is 6.38. The molecule has 236 valence electrons.